The van der Waals surface area contributed by atoms with Crippen molar-refractivity contribution in [3.05, 3.63) is 0 Å². The average molecular weight is 140 g/mol. The summed E-state index contributed by atoms with van der Waals surface area (Å²) in [5.41, 5.74) is 0.109. The molecule has 0 N–H and O–H groups in total. The summed E-state index contributed by atoms with van der Waals surface area (Å²) in [4.78, 5) is 0. The Morgan fingerprint density at radius 3 is 2.50 bits per heavy atom. The first-order valence-corrected chi connectivity index (χ1v) is 4.20. The van der Waals surface area contributed by atoms with Crippen LogP contribution in [0.3, 0.4) is 0 Å². The lowest BCUT2D eigenvalue weighted by atomic mass is 9.60. The van der Waals surface area contributed by atoms with E-state index in [9.17, 15) is 0 Å². The van der Waals surface area contributed by atoms with Crippen LogP contribution in [-0.2, 0) is 4.65 Å². The van der Waals surface area contributed by atoms with Gasteiger partial charge < -0.3 is 4.65 Å². The zero-order chi connectivity index (χ0) is 7.78. The van der Waals surface area contributed by atoms with Crippen molar-refractivity contribution >= 4 is 6.92 Å². The molecular formula is C8H17BO. The van der Waals surface area contributed by atoms with Gasteiger partial charge >= 0.3 is 0 Å². The Kier molecular flexibility index (Phi) is 2.09. The highest BCUT2D eigenvalue weighted by molar-refractivity contribution is 6.50. The minimum atomic E-state index is 0.109. The normalized spacial score (nSPS) is 32.4. The summed E-state index contributed by atoms with van der Waals surface area (Å²) in [6, 6.07) is 0. The predicted molar refractivity (Wildman–Crippen MR) is 45.4 cm³/mol. The molecule has 1 aliphatic heterocycles. The van der Waals surface area contributed by atoms with Gasteiger partial charge in [0, 0.05) is 5.60 Å². The van der Waals surface area contributed by atoms with Crippen molar-refractivity contribution in [2.24, 2.45) is 5.92 Å². The molecule has 0 radical (unpaired) electrons. The van der Waals surface area contributed by atoms with E-state index < -0.39 is 0 Å². The van der Waals surface area contributed by atoms with Gasteiger partial charge in [-0.1, -0.05) is 20.2 Å². The Balaban J connectivity index is 2.55. The summed E-state index contributed by atoms with van der Waals surface area (Å²) in [6.45, 7) is 9.27. The van der Waals surface area contributed by atoms with Gasteiger partial charge in [0.05, 0.1) is 0 Å². The Morgan fingerprint density at radius 2 is 2.10 bits per heavy atom. The molecule has 0 aromatic carbocycles. The van der Waals surface area contributed by atoms with Crippen LogP contribution >= 0.6 is 0 Å². The molecule has 1 rings (SSSR count). The highest BCUT2D eigenvalue weighted by Gasteiger charge is 2.33. The van der Waals surface area contributed by atoms with Crippen molar-refractivity contribution in [1.29, 1.82) is 0 Å². The smallest absolute Gasteiger partial charge is 0.290 e. The lowest BCUT2D eigenvalue weighted by Gasteiger charge is -2.39. The van der Waals surface area contributed by atoms with Gasteiger partial charge in [-0.15, -0.1) is 0 Å². The van der Waals surface area contributed by atoms with E-state index in [4.69, 9.17) is 4.65 Å². The van der Waals surface area contributed by atoms with Gasteiger partial charge in [-0.05, 0) is 26.1 Å². The number of hydrogen-bond acceptors (Lipinski definition) is 1. The van der Waals surface area contributed by atoms with Gasteiger partial charge in [0.15, 0.2) is 0 Å². The van der Waals surface area contributed by atoms with Crippen LogP contribution in [0.5, 0.6) is 0 Å². The van der Waals surface area contributed by atoms with Gasteiger partial charge in [-0.2, -0.15) is 0 Å². The molecule has 0 saturated carbocycles. The van der Waals surface area contributed by atoms with Crippen LogP contribution in [0.4, 0.5) is 0 Å². The van der Waals surface area contributed by atoms with E-state index in [1.165, 1.54) is 12.7 Å². The second kappa shape index (κ2) is 2.57. The summed E-state index contributed by atoms with van der Waals surface area (Å²) in [6.07, 6.45) is 2.54. The van der Waals surface area contributed by atoms with Gasteiger partial charge in [-0.25, -0.2) is 0 Å². The highest BCUT2D eigenvalue weighted by atomic mass is 16.5. The molecule has 0 spiro atoms. The molecule has 0 bridgehead atoms. The first-order chi connectivity index (χ1) is 4.52. The SMILES string of the molecule is CB1CCC(C)C(C)(C)O1. The fraction of sp³-hybridized carbons (Fsp3) is 1.00. The fourth-order valence-corrected chi connectivity index (χ4v) is 1.53. The second-order valence-electron chi connectivity index (χ2n) is 4.01. The standard InChI is InChI=1S/C8H17BO/c1-7-5-6-9(4)10-8(7,2)3/h7H,5-6H2,1-4H3. The van der Waals surface area contributed by atoms with Gasteiger partial charge in [-0.3, -0.25) is 0 Å². The lowest BCUT2D eigenvalue weighted by molar-refractivity contribution is 0.0311. The molecule has 1 saturated heterocycles. The van der Waals surface area contributed by atoms with E-state index in [1.54, 1.807) is 0 Å². The van der Waals surface area contributed by atoms with Gasteiger partial charge in [0.1, 0.15) is 0 Å². The summed E-state index contributed by atoms with van der Waals surface area (Å²) in [5.74, 6) is 0.712. The third-order valence-electron chi connectivity index (χ3n) is 2.70. The molecule has 1 unspecified atom stereocenters. The van der Waals surface area contributed by atoms with Crippen LogP contribution in [0.25, 0.3) is 0 Å². The van der Waals surface area contributed by atoms with Crippen molar-refractivity contribution < 1.29 is 4.65 Å². The van der Waals surface area contributed by atoms with Crippen LogP contribution in [0, 0.1) is 5.92 Å². The molecule has 0 amide bonds. The summed E-state index contributed by atoms with van der Waals surface area (Å²) in [5, 5.41) is 0. The maximum atomic E-state index is 5.79. The van der Waals surface area contributed by atoms with Crippen LogP contribution in [0.1, 0.15) is 27.2 Å². The maximum absolute atomic E-state index is 5.79. The van der Waals surface area contributed by atoms with Crippen molar-refractivity contribution in [3.8, 4) is 0 Å². The first-order valence-electron chi connectivity index (χ1n) is 4.20. The van der Waals surface area contributed by atoms with E-state index in [0.29, 0.717) is 12.8 Å². The van der Waals surface area contributed by atoms with E-state index in [2.05, 4.69) is 27.6 Å². The van der Waals surface area contributed by atoms with Crippen molar-refractivity contribution in [1.82, 2.24) is 0 Å². The van der Waals surface area contributed by atoms with E-state index in [0.717, 1.165) is 0 Å². The minimum absolute atomic E-state index is 0.109. The molecule has 1 nitrogen and oxygen atoms in total. The molecule has 0 aliphatic carbocycles. The summed E-state index contributed by atoms with van der Waals surface area (Å²) < 4.78 is 5.79. The van der Waals surface area contributed by atoms with Crippen LogP contribution < -0.4 is 0 Å². The average Bonchev–Trinajstić information content (AvgIpc) is 1.78. The quantitative estimate of drug-likeness (QED) is 0.469. The predicted octanol–water partition coefficient (Wildman–Crippen LogP) is 2.44. The lowest BCUT2D eigenvalue weighted by Crippen LogP contribution is -2.42. The molecule has 58 valence electrons. The van der Waals surface area contributed by atoms with Crippen LogP contribution in [-0.4, -0.2) is 12.5 Å². The molecule has 0 aromatic heterocycles. The van der Waals surface area contributed by atoms with Crippen molar-refractivity contribution in [2.45, 2.75) is 45.9 Å². The number of rotatable bonds is 0. The fourth-order valence-electron chi connectivity index (χ4n) is 1.53. The Morgan fingerprint density at radius 1 is 1.50 bits per heavy atom. The zero-order valence-electron chi connectivity index (χ0n) is 7.48. The van der Waals surface area contributed by atoms with E-state index in [1.807, 2.05) is 0 Å². The Hall–Kier alpha value is 0.0249. The summed E-state index contributed by atoms with van der Waals surface area (Å²) in [7, 11) is 0. The van der Waals surface area contributed by atoms with Gasteiger partial charge in [0.2, 0.25) is 0 Å². The minimum Gasteiger partial charge on any atom is -0.431 e. The van der Waals surface area contributed by atoms with Crippen LogP contribution in [0.2, 0.25) is 13.1 Å². The highest BCUT2D eigenvalue weighted by Crippen LogP contribution is 2.32. The molecule has 1 atom stereocenters. The molecule has 2 heteroatoms. The second-order valence-corrected chi connectivity index (χ2v) is 4.01. The Labute approximate surface area is 64.3 Å². The molecule has 1 aliphatic rings. The molecule has 10 heavy (non-hydrogen) atoms. The molecule has 1 heterocycles. The van der Waals surface area contributed by atoms with Crippen molar-refractivity contribution in [3.63, 3.8) is 0 Å². The number of hydrogen-bond donors (Lipinski definition) is 0. The molecule has 1 fully saturated rings. The first kappa shape index (κ1) is 8.12. The monoisotopic (exact) mass is 140 g/mol. The van der Waals surface area contributed by atoms with E-state index >= 15 is 0 Å². The summed E-state index contributed by atoms with van der Waals surface area (Å²) >= 11 is 0. The Bertz CT molecular complexity index is 122. The van der Waals surface area contributed by atoms with E-state index in [-0.39, 0.29) is 5.60 Å². The zero-order valence-corrected chi connectivity index (χ0v) is 7.48. The van der Waals surface area contributed by atoms with Crippen LogP contribution in [0.15, 0.2) is 0 Å². The largest absolute Gasteiger partial charge is 0.431 e. The third-order valence-corrected chi connectivity index (χ3v) is 2.70. The topological polar surface area (TPSA) is 9.23 Å². The van der Waals surface area contributed by atoms with Gasteiger partial charge in [0.25, 0.3) is 6.92 Å². The third kappa shape index (κ3) is 1.54. The van der Waals surface area contributed by atoms with Crippen molar-refractivity contribution in [2.75, 3.05) is 0 Å². The maximum Gasteiger partial charge on any atom is 0.290 e. The molecule has 0 aromatic rings. The molecular weight excluding hydrogens is 123 g/mol.